The van der Waals surface area contributed by atoms with Gasteiger partial charge in [-0.25, -0.2) is 26.3 Å². The SMILES string of the molecule is Fc1cc(-c2cc3ccccc3c(-c3c(CBr)c(-c4cc(F)c(F)c(F)c4)cc4ccccc34)c2CBr)cc(F)c1F. The van der Waals surface area contributed by atoms with Crippen LogP contribution < -0.4 is 0 Å². The second kappa shape index (κ2) is 11.2. The van der Waals surface area contributed by atoms with E-state index in [1.54, 1.807) is 12.1 Å². The second-order valence-electron chi connectivity index (χ2n) is 9.77. The average molecular weight is 700 g/mol. The number of hydrogen-bond donors (Lipinski definition) is 0. The monoisotopic (exact) mass is 698 g/mol. The number of halogens is 8. The molecule has 6 rings (SSSR count). The average Bonchev–Trinajstić information content (AvgIpc) is 3.00. The van der Waals surface area contributed by atoms with Gasteiger partial charge in [0.2, 0.25) is 0 Å². The van der Waals surface area contributed by atoms with Gasteiger partial charge in [-0.2, -0.15) is 0 Å². The zero-order valence-electron chi connectivity index (χ0n) is 21.5. The first-order chi connectivity index (χ1) is 20.2. The Balaban J connectivity index is 1.80. The van der Waals surface area contributed by atoms with Gasteiger partial charge < -0.3 is 0 Å². The van der Waals surface area contributed by atoms with Crippen LogP contribution in [0.15, 0.2) is 84.9 Å². The maximum atomic E-state index is 14.4. The first-order valence-corrected chi connectivity index (χ1v) is 15.0. The van der Waals surface area contributed by atoms with E-state index in [1.165, 1.54) is 0 Å². The second-order valence-corrected chi connectivity index (χ2v) is 10.9. The van der Waals surface area contributed by atoms with Gasteiger partial charge in [0.05, 0.1) is 0 Å². The van der Waals surface area contributed by atoms with Crippen molar-refractivity contribution >= 4 is 53.4 Å². The van der Waals surface area contributed by atoms with Crippen LogP contribution in [0.5, 0.6) is 0 Å². The van der Waals surface area contributed by atoms with E-state index in [2.05, 4.69) is 31.9 Å². The molecule has 0 spiro atoms. The lowest BCUT2D eigenvalue weighted by atomic mass is 9.82. The maximum Gasteiger partial charge on any atom is 0.194 e. The molecule has 0 heterocycles. The van der Waals surface area contributed by atoms with E-state index in [4.69, 9.17) is 0 Å². The lowest BCUT2D eigenvalue weighted by molar-refractivity contribution is 0.447. The van der Waals surface area contributed by atoms with E-state index in [-0.39, 0.29) is 21.8 Å². The van der Waals surface area contributed by atoms with Crippen molar-refractivity contribution in [2.24, 2.45) is 0 Å². The summed E-state index contributed by atoms with van der Waals surface area (Å²) in [4.78, 5) is 0. The van der Waals surface area contributed by atoms with Crippen molar-refractivity contribution in [3.63, 3.8) is 0 Å². The van der Waals surface area contributed by atoms with Crippen molar-refractivity contribution in [1.29, 1.82) is 0 Å². The largest absolute Gasteiger partial charge is 0.204 e. The molecule has 0 aliphatic carbocycles. The first-order valence-electron chi connectivity index (χ1n) is 12.7. The molecule has 42 heavy (non-hydrogen) atoms. The third-order valence-corrected chi connectivity index (χ3v) is 8.54. The lowest BCUT2D eigenvalue weighted by Gasteiger charge is -2.23. The Bertz CT molecular complexity index is 1840. The van der Waals surface area contributed by atoms with Crippen molar-refractivity contribution in [3.05, 3.63) is 131 Å². The lowest BCUT2D eigenvalue weighted by Crippen LogP contribution is -2.01. The third-order valence-electron chi connectivity index (χ3n) is 7.42. The highest BCUT2D eigenvalue weighted by molar-refractivity contribution is 9.08. The Kier molecular flexibility index (Phi) is 7.62. The van der Waals surface area contributed by atoms with Crippen LogP contribution in [-0.4, -0.2) is 0 Å². The molecule has 0 bridgehead atoms. The fraction of sp³-hybridized carbons (Fsp3) is 0.0588. The van der Waals surface area contributed by atoms with Gasteiger partial charge in [-0.05, 0) is 102 Å². The predicted octanol–water partition coefficient (Wildman–Crippen LogP) is 11.6. The maximum absolute atomic E-state index is 14.4. The number of alkyl halides is 2. The minimum atomic E-state index is -1.56. The summed E-state index contributed by atoms with van der Waals surface area (Å²) < 4.78 is 85.6. The van der Waals surface area contributed by atoms with Gasteiger partial charge in [-0.3, -0.25) is 0 Å². The van der Waals surface area contributed by atoms with Gasteiger partial charge in [-0.15, -0.1) is 0 Å². The topological polar surface area (TPSA) is 0 Å². The van der Waals surface area contributed by atoms with Gasteiger partial charge >= 0.3 is 0 Å². The Morgan fingerprint density at radius 3 is 1.12 bits per heavy atom. The summed E-state index contributed by atoms with van der Waals surface area (Å²) >= 11 is 7.16. The number of rotatable bonds is 5. The summed E-state index contributed by atoms with van der Waals surface area (Å²) in [5, 5.41) is 3.66. The summed E-state index contributed by atoms with van der Waals surface area (Å²) in [6.45, 7) is 0. The first kappa shape index (κ1) is 28.5. The summed E-state index contributed by atoms with van der Waals surface area (Å²) in [7, 11) is 0. The van der Waals surface area contributed by atoms with E-state index >= 15 is 0 Å². The zero-order chi connectivity index (χ0) is 29.7. The van der Waals surface area contributed by atoms with Crippen LogP contribution >= 0.6 is 31.9 Å². The van der Waals surface area contributed by atoms with Crippen LogP contribution in [0.2, 0.25) is 0 Å². The summed E-state index contributed by atoms with van der Waals surface area (Å²) in [6.07, 6.45) is 0. The summed E-state index contributed by atoms with van der Waals surface area (Å²) in [5.41, 5.74) is 4.04. The molecule has 0 radical (unpaired) electrons. The molecule has 210 valence electrons. The molecular formula is C34H18Br2F6. The quantitative estimate of drug-likeness (QED) is 0.0954. The van der Waals surface area contributed by atoms with E-state index in [0.29, 0.717) is 22.3 Å². The molecule has 0 fully saturated rings. The zero-order valence-corrected chi connectivity index (χ0v) is 24.7. The molecular weight excluding hydrogens is 682 g/mol. The molecule has 0 aromatic heterocycles. The third kappa shape index (κ3) is 4.71. The Morgan fingerprint density at radius 1 is 0.452 bits per heavy atom. The minimum Gasteiger partial charge on any atom is -0.204 e. The van der Waals surface area contributed by atoms with Crippen molar-refractivity contribution in [1.82, 2.24) is 0 Å². The smallest absolute Gasteiger partial charge is 0.194 e. The van der Waals surface area contributed by atoms with Crippen LogP contribution in [0.1, 0.15) is 11.1 Å². The molecule has 0 aliphatic heterocycles. The number of benzene rings is 6. The fourth-order valence-electron chi connectivity index (χ4n) is 5.57. The summed E-state index contributed by atoms with van der Waals surface area (Å²) in [5.74, 6) is -8.36. The molecule has 0 unspecified atom stereocenters. The molecule has 0 saturated heterocycles. The molecule has 0 atom stereocenters. The van der Waals surface area contributed by atoms with Crippen molar-refractivity contribution < 1.29 is 26.3 Å². The molecule has 6 aromatic carbocycles. The molecule has 0 N–H and O–H groups in total. The molecule has 0 aliphatic rings. The van der Waals surface area contributed by atoms with E-state index in [0.717, 1.165) is 56.9 Å². The standard InChI is InChI=1S/C34H18Br2F6/c35-15-25-23(19-11-27(37)33(41)28(38)12-19)9-17-5-1-3-7-21(17)31(25)32-22-8-4-2-6-18(22)10-24(26(32)16-36)20-13-29(39)34(42)30(40)14-20/h1-14H,15-16H2. The minimum absolute atomic E-state index is 0.149. The van der Waals surface area contributed by atoms with Gasteiger partial charge in [-0.1, -0.05) is 80.4 Å². The van der Waals surface area contributed by atoms with E-state index < -0.39 is 34.9 Å². The van der Waals surface area contributed by atoms with E-state index in [9.17, 15) is 26.3 Å². The van der Waals surface area contributed by atoms with Gasteiger partial charge in [0.1, 0.15) is 0 Å². The molecule has 8 heteroatoms. The normalized spacial score (nSPS) is 11.5. The van der Waals surface area contributed by atoms with Crippen molar-refractivity contribution in [2.75, 3.05) is 0 Å². The fourth-order valence-corrected chi connectivity index (χ4v) is 6.73. The van der Waals surface area contributed by atoms with Crippen molar-refractivity contribution in [2.45, 2.75) is 10.7 Å². The van der Waals surface area contributed by atoms with Gasteiger partial charge in [0.15, 0.2) is 34.9 Å². The summed E-state index contributed by atoms with van der Waals surface area (Å²) in [6, 6.07) is 22.4. The van der Waals surface area contributed by atoms with Crippen molar-refractivity contribution in [3.8, 4) is 33.4 Å². The molecule has 6 aromatic rings. The van der Waals surface area contributed by atoms with Crippen LogP contribution in [0.25, 0.3) is 54.9 Å². The predicted molar refractivity (Wildman–Crippen MR) is 163 cm³/mol. The highest BCUT2D eigenvalue weighted by Crippen LogP contribution is 2.47. The Morgan fingerprint density at radius 2 is 0.786 bits per heavy atom. The number of hydrogen-bond acceptors (Lipinski definition) is 0. The molecule has 0 nitrogen and oxygen atoms in total. The highest BCUT2D eigenvalue weighted by atomic mass is 79.9. The highest BCUT2D eigenvalue weighted by Gasteiger charge is 2.24. The van der Waals surface area contributed by atoms with Crippen LogP contribution in [0, 0.1) is 34.9 Å². The van der Waals surface area contributed by atoms with Gasteiger partial charge in [0, 0.05) is 10.7 Å². The Hall–Kier alpha value is -3.62. The van der Waals surface area contributed by atoms with Crippen LogP contribution in [0.4, 0.5) is 26.3 Å². The molecule has 0 amide bonds. The van der Waals surface area contributed by atoms with Crippen LogP contribution in [-0.2, 0) is 10.7 Å². The molecule has 0 saturated carbocycles. The number of fused-ring (bicyclic) bond motifs is 2. The van der Waals surface area contributed by atoms with Crippen LogP contribution in [0.3, 0.4) is 0 Å². The van der Waals surface area contributed by atoms with E-state index in [1.807, 2.05) is 48.5 Å². The van der Waals surface area contributed by atoms with Gasteiger partial charge in [0.25, 0.3) is 0 Å². The Labute approximate surface area is 253 Å².